The summed E-state index contributed by atoms with van der Waals surface area (Å²) in [5.41, 5.74) is 2.37. The molecule has 220 valence electrons. The Morgan fingerprint density at radius 1 is 1.07 bits per heavy atom. The summed E-state index contributed by atoms with van der Waals surface area (Å²) < 4.78 is 11.5. The number of amides is 1. The molecule has 40 heavy (non-hydrogen) atoms. The SMILES string of the molecule is CC.CCN1CCN(CC2CC2)CC1.CI.COc1nccc(OC2CC2)c1-c1c[nH]c2nc(NC=O)ccc12. The second-order valence-electron chi connectivity index (χ2n) is 9.75. The van der Waals surface area contributed by atoms with Crippen molar-refractivity contribution in [2.75, 3.05) is 56.6 Å². The summed E-state index contributed by atoms with van der Waals surface area (Å²) in [6.45, 7) is 14.1. The average molecular weight is 665 g/mol. The Labute approximate surface area is 252 Å². The molecule has 10 heteroatoms. The van der Waals surface area contributed by atoms with Gasteiger partial charge in [0.1, 0.15) is 17.2 Å². The maximum absolute atomic E-state index is 10.6. The molecule has 0 bridgehead atoms. The van der Waals surface area contributed by atoms with Crippen molar-refractivity contribution in [3.8, 4) is 22.8 Å². The summed E-state index contributed by atoms with van der Waals surface area (Å²) in [5.74, 6) is 2.81. The number of methoxy groups -OCH3 is 1. The van der Waals surface area contributed by atoms with E-state index in [4.69, 9.17) is 9.47 Å². The molecule has 3 aromatic rings. The van der Waals surface area contributed by atoms with E-state index in [9.17, 15) is 4.79 Å². The fourth-order valence-corrected chi connectivity index (χ4v) is 4.60. The van der Waals surface area contributed by atoms with Crippen LogP contribution in [0.2, 0.25) is 0 Å². The lowest BCUT2D eigenvalue weighted by Gasteiger charge is -2.33. The second kappa shape index (κ2) is 16.7. The Hall–Kier alpha value is -2.44. The van der Waals surface area contributed by atoms with Gasteiger partial charge in [-0.3, -0.25) is 4.79 Å². The summed E-state index contributed by atoms with van der Waals surface area (Å²) in [7, 11) is 1.59. The Morgan fingerprint density at radius 2 is 1.77 bits per heavy atom. The summed E-state index contributed by atoms with van der Waals surface area (Å²) in [4.78, 5) is 29.5. The van der Waals surface area contributed by atoms with Crippen molar-refractivity contribution in [2.24, 2.45) is 5.92 Å². The van der Waals surface area contributed by atoms with Crippen molar-refractivity contribution < 1.29 is 14.3 Å². The van der Waals surface area contributed by atoms with Gasteiger partial charge >= 0.3 is 0 Å². The number of ether oxygens (including phenoxy) is 2. The Kier molecular flexibility index (Phi) is 13.4. The Morgan fingerprint density at radius 3 is 2.38 bits per heavy atom. The molecule has 6 rings (SSSR count). The first-order valence-corrected chi connectivity index (χ1v) is 16.5. The molecule has 0 spiro atoms. The van der Waals surface area contributed by atoms with Crippen molar-refractivity contribution in [1.29, 1.82) is 0 Å². The van der Waals surface area contributed by atoms with Crippen LogP contribution >= 0.6 is 22.6 Å². The number of carbonyl (C=O) groups excluding carboxylic acids is 1. The number of anilines is 1. The molecule has 2 N–H and O–H groups in total. The zero-order valence-corrected chi connectivity index (χ0v) is 26.7. The fourth-order valence-electron chi connectivity index (χ4n) is 4.60. The van der Waals surface area contributed by atoms with Gasteiger partial charge in [-0.1, -0.05) is 43.4 Å². The first-order valence-electron chi connectivity index (χ1n) is 14.4. The number of piperazine rings is 1. The van der Waals surface area contributed by atoms with Gasteiger partial charge in [0, 0.05) is 56.1 Å². The van der Waals surface area contributed by atoms with Crippen molar-refractivity contribution in [3.05, 3.63) is 30.6 Å². The fraction of sp³-hybridized carbons (Fsp3) is 0.567. The number of fused-ring (bicyclic) bond motifs is 1. The molecule has 2 saturated carbocycles. The molecule has 2 aliphatic carbocycles. The molecule has 0 radical (unpaired) electrons. The lowest BCUT2D eigenvalue weighted by atomic mass is 10.1. The molecule has 3 fully saturated rings. The molecule has 4 heterocycles. The Balaban J connectivity index is 0.000000231. The number of halogens is 1. The summed E-state index contributed by atoms with van der Waals surface area (Å²) in [6, 6.07) is 5.50. The number of H-pyrrole nitrogens is 1. The zero-order valence-electron chi connectivity index (χ0n) is 24.6. The first kappa shape index (κ1) is 32.1. The number of hydrogen-bond acceptors (Lipinski definition) is 7. The lowest BCUT2D eigenvalue weighted by molar-refractivity contribution is -0.105. The van der Waals surface area contributed by atoms with Crippen LogP contribution in [0.25, 0.3) is 22.2 Å². The molecular formula is C30H45IN6O3. The molecule has 3 aliphatic rings. The zero-order chi connectivity index (χ0) is 28.9. The highest BCUT2D eigenvalue weighted by Gasteiger charge is 2.27. The number of nitrogens with zero attached hydrogens (tertiary/aromatic N) is 4. The van der Waals surface area contributed by atoms with Crippen molar-refractivity contribution in [3.63, 3.8) is 0 Å². The number of aromatic amines is 1. The van der Waals surface area contributed by atoms with E-state index >= 15 is 0 Å². The molecule has 1 saturated heterocycles. The molecule has 3 aromatic heterocycles. The van der Waals surface area contributed by atoms with Gasteiger partial charge in [-0.05, 0) is 61.3 Å². The van der Waals surface area contributed by atoms with E-state index in [1.807, 2.05) is 37.1 Å². The maximum Gasteiger partial charge on any atom is 0.224 e. The second-order valence-corrected chi connectivity index (χ2v) is 9.75. The van der Waals surface area contributed by atoms with E-state index in [-0.39, 0.29) is 6.10 Å². The predicted octanol–water partition coefficient (Wildman–Crippen LogP) is 5.85. The molecule has 0 atom stereocenters. The van der Waals surface area contributed by atoms with Crippen molar-refractivity contribution in [2.45, 2.75) is 52.6 Å². The van der Waals surface area contributed by atoms with Gasteiger partial charge in [0.15, 0.2) is 0 Å². The first-order chi connectivity index (χ1) is 19.7. The van der Waals surface area contributed by atoms with E-state index in [1.165, 1.54) is 52.1 Å². The largest absolute Gasteiger partial charge is 0.490 e. The highest BCUT2D eigenvalue weighted by Crippen LogP contribution is 2.42. The summed E-state index contributed by atoms with van der Waals surface area (Å²) >= 11 is 2.15. The van der Waals surface area contributed by atoms with Crippen LogP contribution in [-0.4, -0.2) is 88.6 Å². The number of likely N-dealkylation sites (N-methyl/N-ethyl adjacent to an activating group) is 1. The smallest absolute Gasteiger partial charge is 0.224 e. The van der Waals surface area contributed by atoms with Crippen LogP contribution in [0.15, 0.2) is 30.6 Å². The van der Waals surface area contributed by atoms with Gasteiger partial charge in [-0.15, -0.1) is 0 Å². The highest BCUT2D eigenvalue weighted by molar-refractivity contribution is 14.1. The lowest BCUT2D eigenvalue weighted by Crippen LogP contribution is -2.46. The van der Waals surface area contributed by atoms with Gasteiger partial charge in [0.2, 0.25) is 12.3 Å². The van der Waals surface area contributed by atoms with E-state index in [2.05, 4.69) is 59.6 Å². The van der Waals surface area contributed by atoms with Crippen molar-refractivity contribution >= 4 is 45.9 Å². The predicted molar refractivity (Wildman–Crippen MR) is 172 cm³/mol. The quantitative estimate of drug-likeness (QED) is 0.168. The van der Waals surface area contributed by atoms with Crippen LogP contribution in [0.3, 0.4) is 0 Å². The normalized spacial score (nSPS) is 16.9. The average Bonchev–Trinajstić information content (AvgIpc) is 3.95. The van der Waals surface area contributed by atoms with Crippen LogP contribution in [0.5, 0.6) is 11.6 Å². The van der Waals surface area contributed by atoms with E-state index in [1.54, 1.807) is 19.4 Å². The maximum atomic E-state index is 10.6. The third-order valence-corrected chi connectivity index (χ3v) is 7.03. The summed E-state index contributed by atoms with van der Waals surface area (Å²) in [5, 5.41) is 3.44. The number of pyridine rings is 2. The van der Waals surface area contributed by atoms with E-state index < -0.39 is 0 Å². The van der Waals surface area contributed by atoms with Gasteiger partial charge in [-0.25, -0.2) is 9.97 Å². The minimum Gasteiger partial charge on any atom is -0.490 e. The standard InChI is InChI=1S/C17H16N4O3.C10H20N2.C2H6.CH3I/c1-23-17-15(13(6-7-18-17)24-10-2-3-10)12-8-19-16-11(12)4-5-14(21-16)20-9-22;1-2-11-5-7-12(8-6-11)9-10-3-4-10;2*1-2/h4-10H,2-3H2,1H3,(H2,19,20,21,22);10H,2-9H2,1H3;1-2H3;1H3. The van der Waals surface area contributed by atoms with Crippen LogP contribution < -0.4 is 14.8 Å². The number of carbonyl (C=O) groups is 1. The molecule has 1 aliphatic heterocycles. The van der Waals surface area contributed by atoms with Gasteiger partial charge in [-0.2, -0.15) is 0 Å². The molecule has 9 nitrogen and oxygen atoms in total. The van der Waals surface area contributed by atoms with Crippen LogP contribution in [-0.2, 0) is 4.79 Å². The molecule has 0 aromatic carbocycles. The number of nitrogens with one attached hydrogen (secondary N) is 2. The Bertz CT molecular complexity index is 1170. The third-order valence-electron chi connectivity index (χ3n) is 7.03. The number of alkyl halides is 1. The molecular weight excluding hydrogens is 619 g/mol. The minimum absolute atomic E-state index is 0.266. The number of aromatic nitrogens is 3. The number of rotatable bonds is 9. The monoisotopic (exact) mass is 664 g/mol. The molecule has 1 amide bonds. The minimum atomic E-state index is 0.266. The topological polar surface area (TPSA) is 95.6 Å². The van der Waals surface area contributed by atoms with Gasteiger partial charge in [0.25, 0.3) is 0 Å². The van der Waals surface area contributed by atoms with Crippen LogP contribution in [0, 0.1) is 5.92 Å². The van der Waals surface area contributed by atoms with Crippen LogP contribution in [0.4, 0.5) is 5.82 Å². The highest BCUT2D eigenvalue weighted by atomic mass is 127. The van der Waals surface area contributed by atoms with Crippen LogP contribution in [0.1, 0.15) is 46.5 Å². The summed E-state index contributed by atoms with van der Waals surface area (Å²) in [6.07, 6.45) is 9.52. The van der Waals surface area contributed by atoms with Gasteiger partial charge < -0.3 is 29.6 Å². The van der Waals surface area contributed by atoms with Gasteiger partial charge in [0.05, 0.1) is 18.8 Å². The van der Waals surface area contributed by atoms with E-state index in [0.29, 0.717) is 23.8 Å². The third kappa shape index (κ3) is 9.04. The number of hydrogen-bond donors (Lipinski definition) is 2. The van der Waals surface area contributed by atoms with E-state index in [0.717, 1.165) is 41.0 Å². The van der Waals surface area contributed by atoms with Crippen molar-refractivity contribution in [1.82, 2.24) is 24.8 Å². The molecule has 0 unspecified atom stereocenters.